The van der Waals surface area contributed by atoms with Crippen LogP contribution in [-0.4, -0.2) is 32.4 Å². The summed E-state index contributed by atoms with van der Waals surface area (Å²) in [5, 5.41) is 10.9. The van der Waals surface area contributed by atoms with Crippen LogP contribution in [0.2, 0.25) is 0 Å². The number of hydrogen-bond acceptors (Lipinski definition) is 5. The highest BCUT2D eigenvalue weighted by Crippen LogP contribution is 2.11. The Morgan fingerprint density at radius 3 is 2.47 bits per heavy atom. The Balaban J connectivity index is 2.87. The second kappa shape index (κ2) is 6.88. The predicted molar refractivity (Wildman–Crippen MR) is 68.5 cm³/mol. The quantitative estimate of drug-likeness (QED) is 0.765. The summed E-state index contributed by atoms with van der Waals surface area (Å²) in [6, 6.07) is 2.81. The Morgan fingerprint density at radius 1 is 1.42 bits per heavy atom. The summed E-state index contributed by atoms with van der Waals surface area (Å²) in [5.74, 6) is -1.58. The van der Waals surface area contributed by atoms with Crippen molar-refractivity contribution in [2.45, 2.75) is 17.4 Å². The standard InChI is InChI=1S/C11H14FNO4S2/c1-18-7-6-10(11(14)15)13-19(16,17)9-4-2-8(12)3-5-9/h2-5,10,13H,6-7H2,1H3,(H,14,15)/p-1/t10-/m0/s1. The molecule has 0 unspecified atom stereocenters. The molecular formula is C11H13FNO4S2-. The van der Waals surface area contributed by atoms with E-state index in [2.05, 4.69) is 0 Å². The first-order valence-corrected chi connectivity index (χ1v) is 8.22. The summed E-state index contributed by atoms with van der Waals surface area (Å²) in [5.41, 5.74) is 0. The Morgan fingerprint density at radius 2 is 2.00 bits per heavy atom. The summed E-state index contributed by atoms with van der Waals surface area (Å²) in [4.78, 5) is 10.7. The highest BCUT2D eigenvalue weighted by atomic mass is 32.2. The normalized spacial score (nSPS) is 13.2. The van der Waals surface area contributed by atoms with Gasteiger partial charge in [0.25, 0.3) is 0 Å². The fourth-order valence-corrected chi connectivity index (χ4v) is 3.02. The first-order chi connectivity index (χ1) is 8.86. The number of hydrogen-bond donors (Lipinski definition) is 1. The molecule has 0 heterocycles. The van der Waals surface area contributed by atoms with Crippen LogP contribution in [0.4, 0.5) is 4.39 Å². The molecule has 0 saturated heterocycles. The first-order valence-electron chi connectivity index (χ1n) is 5.34. The van der Waals surface area contributed by atoms with Crippen LogP contribution in [0.5, 0.6) is 0 Å². The van der Waals surface area contributed by atoms with E-state index in [1.54, 1.807) is 6.26 Å². The molecule has 8 heteroatoms. The van der Waals surface area contributed by atoms with E-state index in [9.17, 15) is 22.7 Å². The van der Waals surface area contributed by atoms with Crippen LogP contribution < -0.4 is 9.83 Å². The number of carboxylic acid groups (broad SMARTS) is 1. The second-order valence-corrected chi connectivity index (χ2v) is 6.43. The number of nitrogens with one attached hydrogen (secondary N) is 1. The van der Waals surface area contributed by atoms with Crippen molar-refractivity contribution in [2.75, 3.05) is 12.0 Å². The van der Waals surface area contributed by atoms with Crippen LogP contribution in [-0.2, 0) is 14.8 Å². The number of carbonyl (C=O) groups is 1. The van der Waals surface area contributed by atoms with E-state index >= 15 is 0 Å². The molecule has 5 nitrogen and oxygen atoms in total. The van der Waals surface area contributed by atoms with Crippen molar-refractivity contribution in [3.8, 4) is 0 Å². The van der Waals surface area contributed by atoms with Gasteiger partial charge in [-0.2, -0.15) is 11.8 Å². The van der Waals surface area contributed by atoms with E-state index in [1.807, 2.05) is 4.72 Å². The van der Waals surface area contributed by atoms with Gasteiger partial charge in [-0.15, -0.1) is 0 Å². The third-order valence-electron chi connectivity index (χ3n) is 2.32. The Hall–Kier alpha value is -1.12. The summed E-state index contributed by atoms with van der Waals surface area (Å²) >= 11 is 1.40. The SMILES string of the molecule is CSCC[C@H](NS(=O)(=O)c1ccc(F)cc1)C(=O)[O-]. The molecule has 1 aromatic rings. The number of halogens is 1. The molecule has 0 bridgehead atoms. The van der Waals surface area contributed by atoms with E-state index in [4.69, 9.17) is 0 Å². The molecule has 1 aromatic carbocycles. The Bertz CT molecular complexity index is 530. The van der Waals surface area contributed by atoms with Crippen molar-refractivity contribution in [2.24, 2.45) is 0 Å². The van der Waals surface area contributed by atoms with E-state index in [0.29, 0.717) is 5.75 Å². The maximum Gasteiger partial charge on any atom is 0.241 e. The molecule has 0 aliphatic rings. The fourth-order valence-electron chi connectivity index (χ4n) is 1.33. The zero-order valence-corrected chi connectivity index (χ0v) is 11.8. The zero-order chi connectivity index (χ0) is 14.5. The van der Waals surface area contributed by atoms with Crippen molar-refractivity contribution in [3.63, 3.8) is 0 Å². The maximum atomic E-state index is 12.7. The topological polar surface area (TPSA) is 86.3 Å². The van der Waals surface area contributed by atoms with Gasteiger partial charge in [-0.3, -0.25) is 0 Å². The number of carboxylic acids is 1. The zero-order valence-electron chi connectivity index (χ0n) is 10.1. The largest absolute Gasteiger partial charge is 0.548 e. The van der Waals surface area contributed by atoms with Gasteiger partial charge in [0.15, 0.2) is 0 Å². The van der Waals surface area contributed by atoms with Crippen molar-refractivity contribution < 1.29 is 22.7 Å². The summed E-state index contributed by atoms with van der Waals surface area (Å²) in [6.07, 6.45) is 1.89. The van der Waals surface area contributed by atoms with Gasteiger partial charge in [0.05, 0.1) is 16.9 Å². The van der Waals surface area contributed by atoms with Gasteiger partial charge in [0, 0.05) is 0 Å². The molecule has 1 rings (SSSR count). The molecule has 1 N–H and O–H groups in total. The molecule has 0 amide bonds. The van der Waals surface area contributed by atoms with Gasteiger partial charge >= 0.3 is 0 Å². The van der Waals surface area contributed by atoms with E-state index < -0.39 is 27.9 Å². The lowest BCUT2D eigenvalue weighted by atomic mass is 10.2. The monoisotopic (exact) mass is 306 g/mol. The highest BCUT2D eigenvalue weighted by Gasteiger charge is 2.20. The summed E-state index contributed by atoms with van der Waals surface area (Å²) < 4.78 is 38.5. The molecule has 0 aliphatic heterocycles. The van der Waals surface area contributed by atoms with Gasteiger partial charge in [0.1, 0.15) is 5.82 Å². The predicted octanol–water partition coefficient (Wildman–Crippen LogP) is -0.0244. The van der Waals surface area contributed by atoms with Crippen LogP contribution in [0.15, 0.2) is 29.2 Å². The number of rotatable bonds is 7. The smallest absolute Gasteiger partial charge is 0.241 e. The van der Waals surface area contributed by atoms with Gasteiger partial charge in [-0.05, 0) is 42.7 Å². The van der Waals surface area contributed by atoms with Crippen molar-refractivity contribution in [3.05, 3.63) is 30.1 Å². The van der Waals surface area contributed by atoms with Crippen LogP contribution in [0.1, 0.15) is 6.42 Å². The molecule has 0 aromatic heterocycles. The van der Waals surface area contributed by atoms with Gasteiger partial charge < -0.3 is 9.90 Å². The van der Waals surface area contributed by atoms with Crippen molar-refractivity contribution in [1.29, 1.82) is 0 Å². The average Bonchev–Trinajstić information content (AvgIpc) is 2.34. The number of aliphatic carboxylic acids is 1. The Kier molecular flexibility index (Phi) is 5.77. The molecule has 0 spiro atoms. The minimum absolute atomic E-state index is 0.115. The minimum Gasteiger partial charge on any atom is -0.548 e. The van der Waals surface area contributed by atoms with E-state index in [-0.39, 0.29) is 11.3 Å². The minimum atomic E-state index is -4.00. The third kappa shape index (κ3) is 4.81. The third-order valence-corrected chi connectivity index (χ3v) is 4.45. The lowest BCUT2D eigenvalue weighted by molar-refractivity contribution is -0.308. The number of benzene rings is 1. The van der Waals surface area contributed by atoms with E-state index in [0.717, 1.165) is 24.3 Å². The lowest BCUT2D eigenvalue weighted by Crippen LogP contribution is -2.48. The molecule has 0 aliphatic carbocycles. The molecule has 19 heavy (non-hydrogen) atoms. The second-order valence-electron chi connectivity index (χ2n) is 3.73. The molecule has 0 radical (unpaired) electrons. The molecule has 0 saturated carbocycles. The number of carbonyl (C=O) groups excluding carboxylic acids is 1. The lowest BCUT2D eigenvalue weighted by Gasteiger charge is -2.19. The van der Waals surface area contributed by atoms with Crippen LogP contribution in [0.25, 0.3) is 0 Å². The first kappa shape index (κ1) is 15.9. The van der Waals surface area contributed by atoms with Gasteiger partial charge in [-0.25, -0.2) is 17.5 Å². The maximum absolute atomic E-state index is 12.7. The van der Waals surface area contributed by atoms with Gasteiger partial charge in [-0.1, -0.05) is 0 Å². The molecule has 0 fully saturated rings. The summed E-state index contributed by atoms with van der Waals surface area (Å²) in [6.45, 7) is 0. The summed E-state index contributed by atoms with van der Waals surface area (Å²) in [7, 11) is -4.00. The van der Waals surface area contributed by atoms with Crippen LogP contribution in [0.3, 0.4) is 0 Å². The van der Waals surface area contributed by atoms with Crippen molar-refractivity contribution >= 4 is 27.8 Å². The van der Waals surface area contributed by atoms with Crippen molar-refractivity contribution in [1.82, 2.24) is 4.72 Å². The number of thioether (sulfide) groups is 1. The number of sulfonamides is 1. The fraction of sp³-hybridized carbons (Fsp3) is 0.364. The molecular weight excluding hydrogens is 293 g/mol. The van der Waals surface area contributed by atoms with Crippen LogP contribution in [0, 0.1) is 5.82 Å². The molecule has 106 valence electrons. The van der Waals surface area contributed by atoms with Crippen LogP contribution >= 0.6 is 11.8 Å². The average molecular weight is 306 g/mol. The van der Waals surface area contributed by atoms with Gasteiger partial charge in [0.2, 0.25) is 10.0 Å². The van der Waals surface area contributed by atoms with E-state index in [1.165, 1.54) is 11.8 Å². The highest BCUT2D eigenvalue weighted by molar-refractivity contribution is 7.98. The Labute approximate surface area is 115 Å². The molecule has 1 atom stereocenters.